The van der Waals surface area contributed by atoms with Crippen molar-refractivity contribution in [1.29, 1.82) is 0 Å². The van der Waals surface area contributed by atoms with Gasteiger partial charge in [-0.15, -0.1) is 0 Å². The van der Waals surface area contributed by atoms with E-state index >= 15 is 0 Å². The number of likely N-dealkylation sites (N-methyl/N-ethyl adjacent to an activating group) is 1. The number of carbonyl (C=O) groups is 2. The number of rotatable bonds is 2. The molecule has 1 N–H and O–H groups in total. The van der Waals surface area contributed by atoms with Crippen LogP contribution in [-0.2, 0) is 11.2 Å². The van der Waals surface area contributed by atoms with Crippen LogP contribution in [0.1, 0.15) is 29.9 Å². The molecule has 3 amide bonds. The van der Waals surface area contributed by atoms with Gasteiger partial charge in [0, 0.05) is 24.7 Å². The number of nitrogens with one attached hydrogen (secondary N) is 1. The van der Waals surface area contributed by atoms with Crippen molar-refractivity contribution in [3.63, 3.8) is 0 Å². The van der Waals surface area contributed by atoms with Gasteiger partial charge in [-0.2, -0.15) is 4.98 Å². The van der Waals surface area contributed by atoms with E-state index in [0.29, 0.717) is 31.0 Å². The third kappa shape index (κ3) is 2.38. The molecule has 0 saturated carbocycles. The second-order valence-corrected chi connectivity index (χ2v) is 7.12. The highest BCUT2D eigenvalue weighted by molar-refractivity contribution is 6.07. The monoisotopic (exact) mass is 345 g/mol. The van der Waals surface area contributed by atoms with Crippen molar-refractivity contribution in [2.45, 2.75) is 44.8 Å². The number of ether oxygens (including phenoxy) is 1. The van der Waals surface area contributed by atoms with E-state index in [0.717, 1.165) is 24.3 Å². The van der Waals surface area contributed by atoms with E-state index in [1.807, 2.05) is 13.8 Å². The van der Waals surface area contributed by atoms with Crippen molar-refractivity contribution >= 4 is 11.9 Å². The van der Waals surface area contributed by atoms with Gasteiger partial charge >= 0.3 is 6.03 Å². The van der Waals surface area contributed by atoms with E-state index in [1.165, 1.54) is 4.90 Å². The van der Waals surface area contributed by atoms with E-state index in [1.54, 1.807) is 11.9 Å². The Kier molecular flexibility index (Phi) is 3.68. The molecule has 0 bridgehead atoms. The standard InChI is InChI=1S/C17H23N5O3/c1-10-13-8-12(25-14(13)20-11(2)19-10)9-22-15(23)17(21(3)16(22)24)4-6-18-7-5-17/h12,18H,4-9H2,1-3H3. The Morgan fingerprint density at radius 3 is 2.68 bits per heavy atom. The molecule has 4 heterocycles. The average molecular weight is 345 g/mol. The molecule has 1 atom stereocenters. The smallest absolute Gasteiger partial charge is 0.327 e. The Labute approximate surface area is 146 Å². The van der Waals surface area contributed by atoms with Gasteiger partial charge in [0.05, 0.1) is 6.54 Å². The van der Waals surface area contributed by atoms with E-state index in [4.69, 9.17) is 4.74 Å². The predicted octanol–water partition coefficient (Wildman–Crippen LogP) is 0.413. The van der Waals surface area contributed by atoms with Gasteiger partial charge in [0.25, 0.3) is 5.91 Å². The fraction of sp³-hybridized carbons (Fsp3) is 0.647. The second-order valence-electron chi connectivity index (χ2n) is 7.12. The van der Waals surface area contributed by atoms with Gasteiger partial charge in [0.2, 0.25) is 5.88 Å². The summed E-state index contributed by atoms with van der Waals surface area (Å²) in [5.74, 6) is 1.15. The first-order valence-corrected chi connectivity index (χ1v) is 8.73. The summed E-state index contributed by atoms with van der Waals surface area (Å²) < 4.78 is 5.91. The number of aromatic nitrogens is 2. The topological polar surface area (TPSA) is 87.7 Å². The number of carbonyl (C=O) groups excluding carboxylic acids is 2. The molecule has 0 aliphatic carbocycles. The third-order valence-corrected chi connectivity index (χ3v) is 5.62. The number of hydrogen-bond acceptors (Lipinski definition) is 6. The highest BCUT2D eigenvalue weighted by Gasteiger charge is 2.56. The van der Waals surface area contributed by atoms with Crippen molar-refractivity contribution in [2.75, 3.05) is 26.7 Å². The summed E-state index contributed by atoms with van der Waals surface area (Å²) in [5, 5.41) is 3.25. The maximum atomic E-state index is 13.0. The van der Waals surface area contributed by atoms with Gasteiger partial charge in [0.15, 0.2) is 0 Å². The van der Waals surface area contributed by atoms with Crippen molar-refractivity contribution < 1.29 is 14.3 Å². The quantitative estimate of drug-likeness (QED) is 0.782. The Morgan fingerprint density at radius 2 is 1.96 bits per heavy atom. The molecule has 2 saturated heterocycles. The predicted molar refractivity (Wildman–Crippen MR) is 89.3 cm³/mol. The molecule has 2 fully saturated rings. The first kappa shape index (κ1) is 16.3. The molecule has 134 valence electrons. The molecule has 1 unspecified atom stereocenters. The average Bonchev–Trinajstić information content (AvgIpc) is 3.06. The lowest BCUT2D eigenvalue weighted by atomic mass is 9.87. The van der Waals surface area contributed by atoms with Gasteiger partial charge in [-0.25, -0.2) is 9.78 Å². The second kappa shape index (κ2) is 5.66. The number of aryl methyl sites for hydroxylation is 2. The minimum atomic E-state index is -0.694. The van der Waals surface area contributed by atoms with Crippen LogP contribution in [0.4, 0.5) is 4.79 Å². The summed E-state index contributed by atoms with van der Waals surface area (Å²) in [6.07, 6.45) is 1.67. The number of nitrogens with zero attached hydrogens (tertiary/aromatic N) is 4. The minimum Gasteiger partial charge on any atom is -0.472 e. The number of hydrogen-bond donors (Lipinski definition) is 1. The SMILES string of the molecule is Cc1nc(C)c2c(n1)OC(CN1C(=O)N(C)C3(CCNCC3)C1=O)C2. The van der Waals surface area contributed by atoms with Gasteiger partial charge < -0.3 is 15.0 Å². The molecular weight excluding hydrogens is 322 g/mol. The van der Waals surface area contributed by atoms with Crippen LogP contribution >= 0.6 is 0 Å². The molecular formula is C17H23N5O3. The first-order valence-electron chi connectivity index (χ1n) is 8.73. The number of imide groups is 1. The summed E-state index contributed by atoms with van der Waals surface area (Å²) in [4.78, 5) is 37.4. The molecule has 3 aliphatic heterocycles. The van der Waals surface area contributed by atoms with Gasteiger partial charge in [-0.3, -0.25) is 9.69 Å². The highest BCUT2D eigenvalue weighted by Crippen LogP contribution is 2.36. The number of amides is 3. The fourth-order valence-corrected chi connectivity index (χ4v) is 4.17. The number of fused-ring (bicyclic) bond motifs is 1. The van der Waals surface area contributed by atoms with E-state index < -0.39 is 5.54 Å². The van der Waals surface area contributed by atoms with Crippen LogP contribution in [0, 0.1) is 13.8 Å². The van der Waals surface area contributed by atoms with Crippen molar-refractivity contribution in [2.24, 2.45) is 0 Å². The minimum absolute atomic E-state index is 0.0972. The molecule has 1 spiro atoms. The Bertz CT molecular complexity index is 744. The molecule has 8 heteroatoms. The van der Waals surface area contributed by atoms with Crippen LogP contribution in [0.25, 0.3) is 0 Å². The van der Waals surface area contributed by atoms with E-state index in [2.05, 4.69) is 15.3 Å². The van der Waals surface area contributed by atoms with Crippen LogP contribution in [0.3, 0.4) is 0 Å². The lowest BCUT2D eigenvalue weighted by molar-refractivity contribution is -0.134. The molecule has 0 aromatic carbocycles. The third-order valence-electron chi connectivity index (χ3n) is 5.62. The van der Waals surface area contributed by atoms with Gasteiger partial charge in [-0.1, -0.05) is 0 Å². The van der Waals surface area contributed by atoms with Crippen LogP contribution < -0.4 is 10.1 Å². The van der Waals surface area contributed by atoms with Crippen molar-refractivity contribution in [1.82, 2.24) is 25.1 Å². The zero-order valence-electron chi connectivity index (χ0n) is 14.8. The van der Waals surface area contributed by atoms with Crippen molar-refractivity contribution in [3.05, 3.63) is 17.1 Å². The van der Waals surface area contributed by atoms with Crippen LogP contribution in [0.2, 0.25) is 0 Å². The van der Waals surface area contributed by atoms with Gasteiger partial charge in [0.1, 0.15) is 17.5 Å². The molecule has 0 radical (unpaired) electrons. The lowest BCUT2D eigenvalue weighted by Crippen LogP contribution is -2.54. The largest absolute Gasteiger partial charge is 0.472 e. The number of piperidine rings is 1. The Hall–Kier alpha value is -2.22. The lowest BCUT2D eigenvalue weighted by Gasteiger charge is -2.36. The normalized spacial score (nSPS) is 24.8. The van der Waals surface area contributed by atoms with Gasteiger partial charge in [-0.05, 0) is 39.8 Å². The van der Waals surface area contributed by atoms with E-state index in [9.17, 15) is 9.59 Å². The summed E-state index contributed by atoms with van der Waals surface area (Å²) in [7, 11) is 1.73. The zero-order valence-corrected chi connectivity index (χ0v) is 14.8. The van der Waals surface area contributed by atoms with Crippen LogP contribution in [0.5, 0.6) is 5.88 Å². The summed E-state index contributed by atoms with van der Waals surface area (Å²) in [6.45, 7) is 5.51. The van der Waals surface area contributed by atoms with Crippen LogP contribution in [-0.4, -0.2) is 70.0 Å². The fourth-order valence-electron chi connectivity index (χ4n) is 4.17. The maximum Gasteiger partial charge on any atom is 0.327 e. The first-order chi connectivity index (χ1) is 11.9. The molecule has 4 rings (SSSR count). The summed E-state index contributed by atoms with van der Waals surface area (Å²) in [5.41, 5.74) is 1.18. The Morgan fingerprint density at radius 1 is 1.24 bits per heavy atom. The maximum absolute atomic E-state index is 13.0. The molecule has 8 nitrogen and oxygen atoms in total. The summed E-state index contributed by atoms with van der Waals surface area (Å²) in [6, 6.07) is -0.231. The number of urea groups is 1. The summed E-state index contributed by atoms with van der Waals surface area (Å²) >= 11 is 0. The molecule has 1 aromatic heterocycles. The molecule has 25 heavy (non-hydrogen) atoms. The van der Waals surface area contributed by atoms with E-state index in [-0.39, 0.29) is 24.6 Å². The Balaban J connectivity index is 1.53. The van der Waals surface area contributed by atoms with Crippen molar-refractivity contribution in [3.8, 4) is 5.88 Å². The zero-order chi connectivity index (χ0) is 17.8. The molecule has 1 aromatic rings. The molecule has 3 aliphatic rings. The highest BCUT2D eigenvalue weighted by atomic mass is 16.5. The van der Waals surface area contributed by atoms with Crippen LogP contribution in [0.15, 0.2) is 0 Å².